The Morgan fingerprint density at radius 2 is 2.17 bits per heavy atom. The zero-order valence-electron chi connectivity index (χ0n) is 10.7. The number of hydrogen-bond acceptors (Lipinski definition) is 4. The van der Waals surface area contributed by atoms with Crippen LogP contribution in [0.5, 0.6) is 0 Å². The Morgan fingerprint density at radius 1 is 1.50 bits per heavy atom. The first kappa shape index (κ1) is 14.4. The Hall–Kier alpha value is -1.66. The molecule has 1 amide bonds. The molecule has 4 N–H and O–H groups in total. The Balaban J connectivity index is 2.82. The maximum absolute atomic E-state index is 13.4. The Labute approximate surface area is 105 Å². The molecule has 1 aromatic carbocycles. The minimum Gasteiger partial charge on any atom is -0.377 e. The molecule has 0 atom stereocenters. The summed E-state index contributed by atoms with van der Waals surface area (Å²) in [5, 5.41) is 2.67. The first-order chi connectivity index (χ1) is 8.41. The fraction of sp³-hybridized carbons (Fsp3) is 0.417. The third-order valence-electron chi connectivity index (χ3n) is 2.63. The Kier molecular flexibility index (Phi) is 4.63. The topological polar surface area (TPSA) is 76.4 Å². The van der Waals surface area contributed by atoms with E-state index in [1.54, 1.807) is 7.11 Å². The van der Waals surface area contributed by atoms with Crippen LogP contribution in [0.1, 0.15) is 24.2 Å². The van der Waals surface area contributed by atoms with Gasteiger partial charge in [-0.25, -0.2) is 4.39 Å². The van der Waals surface area contributed by atoms with Crippen LogP contribution in [0.3, 0.4) is 0 Å². The van der Waals surface area contributed by atoms with Gasteiger partial charge in [-0.2, -0.15) is 0 Å². The highest BCUT2D eigenvalue weighted by Crippen LogP contribution is 2.18. The van der Waals surface area contributed by atoms with Gasteiger partial charge in [-0.15, -0.1) is 0 Å². The minimum absolute atomic E-state index is 0.0229. The fourth-order valence-corrected chi connectivity index (χ4v) is 1.32. The summed E-state index contributed by atoms with van der Waals surface area (Å²) in [5.41, 5.74) is 1.84. The summed E-state index contributed by atoms with van der Waals surface area (Å²) in [5.74, 6) is 4.22. The summed E-state index contributed by atoms with van der Waals surface area (Å²) >= 11 is 0. The van der Waals surface area contributed by atoms with Crippen LogP contribution < -0.4 is 16.6 Å². The zero-order valence-corrected chi connectivity index (χ0v) is 10.7. The Morgan fingerprint density at radius 3 is 2.72 bits per heavy atom. The molecule has 5 nitrogen and oxygen atoms in total. The monoisotopic (exact) mass is 255 g/mol. The molecular weight excluding hydrogens is 237 g/mol. The molecule has 0 radical (unpaired) electrons. The summed E-state index contributed by atoms with van der Waals surface area (Å²) in [6.45, 7) is 3.98. The standard InChI is InChI=1S/C12H18FN3O2/c1-12(2,18-3)7-15-11(17)8-5-4-6-9(13)10(8)16-14/h4-6,16H,7,14H2,1-3H3,(H,15,17). The van der Waals surface area contributed by atoms with Crippen molar-refractivity contribution in [3.8, 4) is 0 Å². The van der Waals surface area contributed by atoms with Crippen molar-refractivity contribution in [1.29, 1.82) is 0 Å². The van der Waals surface area contributed by atoms with Gasteiger partial charge in [-0.3, -0.25) is 10.6 Å². The van der Waals surface area contributed by atoms with Crippen LogP contribution in [0.2, 0.25) is 0 Å². The fourth-order valence-electron chi connectivity index (χ4n) is 1.32. The van der Waals surface area contributed by atoms with E-state index in [1.807, 2.05) is 13.8 Å². The van der Waals surface area contributed by atoms with E-state index in [2.05, 4.69) is 10.7 Å². The first-order valence-corrected chi connectivity index (χ1v) is 5.50. The average molecular weight is 255 g/mol. The number of hydrogen-bond donors (Lipinski definition) is 3. The van der Waals surface area contributed by atoms with E-state index >= 15 is 0 Å². The lowest BCUT2D eigenvalue weighted by atomic mass is 10.1. The molecule has 0 heterocycles. The lowest BCUT2D eigenvalue weighted by molar-refractivity contribution is 0.0229. The second-order valence-corrected chi connectivity index (χ2v) is 4.45. The number of methoxy groups -OCH3 is 1. The normalized spacial score (nSPS) is 11.2. The van der Waals surface area contributed by atoms with Gasteiger partial charge in [0, 0.05) is 13.7 Å². The van der Waals surface area contributed by atoms with Gasteiger partial charge in [-0.05, 0) is 26.0 Å². The third-order valence-corrected chi connectivity index (χ3v) is 2.63. The highest BCUT2D eigenvalue weighted by molar-refractivity contribution is 5.99. The number of anilines is 1. The number of nitrogens with two attached hydrogens (primary N) is 1. The number of nitrogens with one attached hydrogen (secondary N) is 2. The van der Waals surface area contributed by atoms with Gasteiger partial charge in [0.1, 0.15) is 5.82 Å². The largest absolute Gasteiger partial charge is 0.377 e. The van der Waals surface area contributed by atoms with E-state index in [0.717, 1.165) is 0 Å². The number of carbonyl (C=O) groups is 1. The number of benzene rings is 1. The highest BCUT2D eigenvalue weighted by atomic mass is 19.1. The van der Waals surface area contributed by atoms with E-state index in [9.17, 15) is 9.18 Å². The number of rotatable bonds is 5. The summed E-state index contributed by atoms with van der Waals surface area (Å²) < 4.78 is 18.6. The second-order valence-electron chi connectivity index (χ2n) is 4.45. The summed E-state index contributed by atoms with van der Waals surface area (Å²) in [6, 6.07) is 4.17. The van der Waals surface area contributed by atoms with Crippen LogP contribution in [0, 0.1) is 5.82 Å². The van der Waals surface area contributed by atoms with E-state index in [0.29, 0.717) is 6.54 Å². The van der Waals surface area contributed by atoms with Gasteiger partial charge in [-0.1, -0.05) is 6.07 Å². The number of amides is 1. The number of nitrogen functional groups attached to an aromatic ring is 1. The van der Waals surface area contributed by atoms with Gasteiger partial charge in [0.05, 0.1) is 16.9 Å². The smallest absolute Gasteiger partial charge is 0.253 e. The molecule has 18 heavy (non-hydrogen) atoms. The molecule has 0 bridgehead atoms. The SMILES string of the molecule is COC(C)(C)CNC(=O)c1cccc(F)c1NN. The zero-order chi connectivity index (χ0) is 13.8. The third kappa shape index (κ3) is 3.41. The Bertz CT molecular complexity index is 435. The van der Waals surface area contributed by atoms with Gasteiger partial charge < -0.3 is 15.5 Å². The minimum atomic E-state index is -0.573. The molecule has 0 aliphatic rings. The molecule has 0 saturated carbocycles. The molecule has 1 aromatic rings. The molecule has 0 aliphatic carbocycles. The maximum Gasteiger partial charge on any atom is 0.253 e. The lowest BCUT2D eigenvalue weighted by Crippen LogP contribution is -2.40. The molecule has 100 valence electrons. The van der Waals surface area contributed by atoms with Crippen molar-refractivity contribution in [3.05, 3.63) is 29.6 Å². The number of carbonyl (C=O) groups excluding carboxylic acids is 1. The highest BCUT2D eigenvalue weighted by Gasteiger charge is 2.20. The molecule has 0 fully saturated rings. The summed E-state index contributed by atoms with van der Waals surface area (Å²) in [6.07, 6.45) is 0. The molecule has 6 heteroatoms. The lowest BCUT2D eigenvalue weighted by Gasteiger charge is -2.23. The van der Waals surface area contributed by atoms with Crippen molar-refractivity contribution < 1.29 is 13.9 Å². The number of ether oxygens (including phenoxy) is 1. The predicted molar refractivity (Wildman–Crippen MR) is 67.6 cm³/mol. The molecular formula is C12H18FN3O2. The van der Waals surface area contributed by atoms with Crippen molar-refractivity contribution in [2.45, 2.75) is 19.4 Å². The maximum atomic E-state index is 13.4. The van der Waals surface area contributed by atoms with Crippen molar-refractivity contribution in [3.63, 3.8) is 0 Å². The second kappa shape index (κ2) is 5.79. The molecule has 0 saturated heterocycles. The van der Waals surface area contributed by atoms with Gasteiger partial charge in [0.2, 0.25) is 0 Å². The van der Waals surface area contributed by atoms with Gasteiger partial charge >= 0.3 is 0 Å². The van der Waals surface area contributed by atoms with Crippen molar-refractivity contribution in [2.75, 3.05) is 19.1 Å². The van der Waals surface area contributed by atoms with E-state index < -0.39 is 17.3 Å². The molecule has 0 spiro atoms. The average Bonchev–Trinajstić information content (AvgIpc) is 2.35. The van der Waals surface area contributed by atoms with Gasteiger partial charge in [0.15, 0.2) is 0 Å². The van der Waals surface area contributed by atoms with Crippen LogP contribution in [-0.2, 0) is 4.74 Å². The molecule has 0 unspecified atom stereocenters. The first-order valence-electron chi connectivity index (χ1n) is 5.50. The van der Waals surface area contributed by atoms with Crippen LogP contribution in [0.25, 0.3) is 0 Å². The van der Waals surface area contributed by atoms with E-state index in [1.165, 1.54) is 18.2 Å². The van der Waals surface area contributed by atoms with Crippen LogP contribution in [0.15, 0.2) is 18.2 Å². The number of hydrazine groups is 1. The summed E-state index contributed by atoms with van der Waals surface area (Å²) in [4.78, 5) is 11.9. The molecule has 1 rings (SSSR count). The van der Waals surface area contributed by atoms with E-state index in [-0.39, 0.29) is 11.3 Å². The number of halogens is 1. The van der Waals surface area contributed by atoms with Crippen molar-refractivity contribution >= 4 is 11.6 Å². The van der Waals surface area contributed by atoms with E-state index in [4.69, 9.17) is 10.6 Å². The van der Waals surface area contributed by atoms with Crippen molar-refractivity contribution in [2.24, 2.45) is 5.84 Å². The summed E-state index contributed by atoms with van der Waals surface area (Å²) in [7, 11) is 1.56. The van der Waals surface area contributed by atoms with Crippen LogP contribution in [-0.4, -0.2) is 25.2 Å². The van der Waals surface area contributed by atoms with Crippen LogP contribution in [0.4, 0.5) is 10.1 Å². The molecule has 0 aromatic heterocycles. The molecule has 0 aliphatic heterocycles. The predicted octanol–water partition coefficient (Wildman–Crippen LogP) is 1.27. The van der Waals surface area contributed by atoms with Gasteiger partial charge in [0.25, 0.3) is 5.91 Å². The van der Waals surface area contributed by atoms with Crippen LogP contribution >= 0.6 is 0 Å². The van der Waals surface area contributed by atoms with Crippen molar-refractivity contribution in [1.82, 2.24) is 5.32 Å². The quantitative estimate of drug-likeness (QED) is 0.547. The number of para-hydroxylation sites is 1.